The Bertz CT molecular complexity index is 1150. The first-order valence-corrected chi connectivity index (χ1v) is 10.2. The molecule has 1 unspecified atom stereocenters. The molecule has 2 heterocycles. The molecule has 2 aromatic carbocycles. The van der Waals surface area contributed by atoms with E-state index in [0.29, 0.717) is 12.4 Å². The predicted molar refractivity (Wildman–Crippen MR) is 119 cm³/mol. The third-order valence-corrected chi connectivity index (χ3v) is 5.22. The van der Waals surface area contributed by atoms with Gasteiger partial charge in [-0.25, -0.2) is 4.98 Å². The molecule has 1 N–H and O–H groups in total. The number of nitrogens with one attached hydrogen (secondary N) is 1. The molecule has 1 atom stereocenters. The summed E-state index contributed by atoms with van der Waals surface area (Å²) in [5.74, 6) is 1.22. The number of imidazole rings is 1. The van der Waals surface area contributed by atoms with Crippen LogP contribution in [0.3, 0.4) is 0 Å². The lowest BCUT2D eigenvalue weighted by Gasteiger charge is -2.19. The van der Waals surface area contributed by atoms with Gasteiger partial charge in [-0.05, 0) is 23.8 Å². The third-order valence-electron chi connectivity index (χ3n) is 5.22. The van der Waals surface area contributed by atoms with Gasteiger partial charge in [0, 0.05) is 44.7 Å². The van der Waals surface area contributed by atoms with E-state index in [2.05, 4.69) is 14.9 Å². The molecule has 0 spiro atoms. The van der Waals surface area contributed by atoms with Gasteiger partial charge in [0.1, 0.15) is 17.6 Å². The van der Waals surface area contributed by atoms with Crippen molar-refractivity contribution < 1.29 is 14.3 Å². The number of carbonyl (C=O) groups is 1. The minimum absolute atomic E-state index is 0.0872. The van der Waals surface area contributed by atoms with E-state index >= 15 is 0 Å². The number of benzene rings is 2. The zero-order valence-electron chi connectivity index (χ0n) is 17.7. The van der Waals surface area contributed by atoms with Crippen LogP contribution < -0.4 is 10.1 Å². The number of aromatic nitrogens is 3. The molecule has 0 aliphatic heterocycles. The predicted octanol–water partition coefficient (Wildman–Crippen LogP) is 3.31. The largest absolute Gasteiger partial charge is 0.483 e. The van der Waals surface area contributed by atoms with Crippen LogP contribution in [0.4, 0.5) is 0 Å². The number of methoxy groups -OCH3 is 1. The average Bonchev–Trinajstić information content (AvgIpc) is 3.41. The van der Waals surface area contributed by atoms with Crippen molar-refractivity contribution in [2.45, 2.75) is 12.6 Å². The van der Waals surface area contributed by atoms with Gasteiger partial charge in [-0.15, -0.1) is 0 Å². The Morgan fingerprint density at radius 3 is 2.68 bits per heavy atom. The lowest BCUT2D eigenvalue weighted by Crippen LogP contribution is -2.34. The Hall–Kier alpha value is -3.58. The molecule has 0 bridgehead atoms. The quantitative estimate of drug-likeness (QED) is 0.453. The number of nitrogens with zero attached hydrogens (tertiary/aromatic N) is 3. The third kappa shape index (κ3) is 4.62. The van der Waals surface area contributed by atoms with Crippen LogP contribution >= 0.6 is 0 Å². The first-order valence-electron chi connectivity index (χ1n) is 10.2. The average molecular weight is 418 g/mol. The molecule has 0 radical (unpaired) electrons. The van der Waals surface area contributed by atoms with Gasteiger partial charge >= 0.3 is 0 Å². The Balaban J connectivity index is 1.48. The van der Waals surface area contributed by atoms with E-state index in [-0.39, 0.29) is 18.6 Å². The highest BCUT2D eigenvalue weighted by molar-refractivity contribution is 5.87. The molecule has 4 rings (SSSR count). The SMILES string of the molecule is COCCn1ccc2c(OCC(=O)NC(c3ccccc3)c3nccn3C)cccc21. The molecule has 1 amide bonds. The molecule has 7 nitrogen and oxygen atoms in total. The van der Waals surface area contributed by atoms with Crippen LogP contribution in [0.15, 0.2) is 73.2 Å². The van der Waals surface area contributed by atoms with Crippen molar-refractivity contribution in [1.29, 1.82) is 0 Å². The van der Waals surface area contributed by atoms with Gasteiger partial charge in [0.05, 0.1) is 12.1 Å². The second kappa shape index (κ2) is 9.49. The van der Waals surface area contributed by atoms with Gasteiger partial charge in [0.15, 0.2) is 6.61 Å². The van der Waals surface area contributed by atoms with Crippen LogP contribution in [0.25, 0.3) is 10.9 Å². The minimum Gasteiger partial charge on any atom is -0.483 e. The second-order valence-corrected chi connectivity index (χ2v) is 7.29. The fraction of sp³-hybridized carbons (Fsp3) is 0.250. The van der Waals surface area contributed by atoms with Crippen molar-refractivity contribution in [2.75, 3.05) is 20.3 Å². The summed E-state index contributed by atoms with van der Waals surface area (Å²) in [4.78, 5) is 17.2. The Morgan fingerprint density at radius 2 is 1.94 bits per heavy atom. The van der Waals surface area contributed by atoms with Gasteiger partial charge < -0.3 is 23.9 Å². The summed E-state index contributed by atoms with van der Waals surface area (Å²) in [5.41, 5.74) is 2.01. The van der Waals surface area contributed by atoms with E-state index in [1.54, 1.807) is 13.3 Å². The zero-order chi connectivity index (χ0) is 21.6. The molecule has 2 aromatic heterocycles. The summed E-state index contributed by atoms with van der Waals surface area (Å²) in [5, 5.41) is 4.03. The topological polar surface area (TPSA) is 70.3 Å². The first kappa shape index (κ1) is 20.7. The molecule has 4 aromatic rings. The van der Waals surface area contributed by atoms with Crippen LogP contribution in [0.1, 0.15) is 17.4 Å². The number of fused-ring (bicyclic) bond motifs is 1. The van der Waals surface area contributed by atoms with Gasteiger partial charge in [-0.2, -0.15) is 0 Å². The molecular formula is C24H26N4O3. The summed E-state index contributed by atoms with van der Waals surface area (Å²) >= 11 is 0. The van der Waals surface area contributed by atoms with Crippen molar-refractivity contribution in [3.8, 4) is 5.75 Å². The van der Waals surface area contributed by atoms with Crippen LogP contribution in [0.5, 0.6) is 5.75 Å². The minimum atomic E-state index is -0.358. The van der Waals surface area contributed by atoms with Gasteiger partial charge in [-0.1, -0.05) is 36.4 Å². The summed E-state index contributed by atoms with van der Waals surface area (Å²) < 4.78 is 15.1. The number of hydrogen-bond acceptors (Lipinski definition) is 4. The highest BCUT2D eigenvalue weighted by atomic mass is 16.5. The standard InChI is InChI=1S/C24H26N4O3/c1-27-14-12-25-24(27)23(18-7-4-3-5-8-18)26-22(29)17-31-21-10-6-9-20-19(21)11-13-28(20)15-16-30-2/h3-14,23H,15-17H2,1-2H3,(H,26,29). The van der Waals surface area contributed by atoms with Gasteiger partial charge in [0.25, 0.3) is 5.91 Å². The van der Waals surface area contributed by atoms with Crippen molar-refractivity contribution in [1.82, 2.24) is 19.4 Å². The number of aryl methyl sites for hydroxylation is 1. The lowest BCUT2D eigenvalue weighted by molar-refractivity contribution is -0.123. The van der Waals surface area contributed by atoms with Crippen LogP contribution in [-0.2, 0) is 23.1 Å². The zero-order valence-corrected chi connectivity index (χ0v) is 17.7. The number of carbonyl (C=O) groups excluding carboxylic acids is 1. The highest BCUT2D eigenvalue weighted by Crippen LogP contribution is 2.27. The van der Waals surface area contributed by atoms with E-state index in [0.717, 1.165) is 28.8 Å². The summed E-state index contributed by atoms with van der Waals surface area (Å²) in [7, 11) is 3.60. The van der Waals surface area contributed by atoms with E-state index < -0.39 is 0 Å². The molecule has 0 aliphatic carbocycles. The molecule has 0 saturated heterocycles. The maximum Gasteiger partial charge on any atom is 0.258 e. The van der Waals surface area contributed by atoms with E-state index in [1.807, 2.05) is 78.6 Å². The smallest absolute Gasteiger partial charge is 0.258 e. The number of amides is 1. The molecule has 0 fully saturated rings. The number of ether oxygens (including phenoxy) is 2. The summed E-state index contributed by atoms with van der Waals surface area (Å²) in [6, 6.07) is 17.3. The normalized spacial score (nSPS) is 12.1. The Kier molecular flexibility index (Phi) is 6.33. The van der Waals surface area contributed by atoms with Crippen molar-refractivity contribution in [3.05, 3.63) is 84.6 Å². The fourth-order valence-corrected chi connectivity index (χ4v) is 3.65. The van der Waals surface area contributed by atoms with Crippen molar-refractivity contribution in [3.63, 3.8) is 0 Å². The summed E-state index contributed by atoms with van der Waals surface area (Å²) in [6.07, 6.45) is 5.59. The van der Waals surface area contributed by atoms with Crippen LogP contribution in [0, 0.1) is 0 Å². The van der Waals surface area contributed by atoms with Crippen molar-refractivity contribution >= 4 is 16.8 Å². The maximum absolute atomic E-state index is 12.8. The first-order chi connectivity index (χ1) is 15.2. The summed E-state index contributed by atoms with van der Waals surface area (Å²) in [6.45, 7) is 1.30. The highest BCUT2D eigenvalue weighted by Gasteiger charge is 2.21. The number of rotatable bonds is 9. The molecule has 160 valence electrons. The van der Waals surface area contributed by atoms with Crippen LogP contribution in [0.2, 0.25) is 0 Å². The van der Waals surface area contributed by atoms with Gasteiger partial charge in [-0.3, -0.25) is 4.79 Å². The molecule has 0 aliphatic rings. The second-order valence-electron chi connectivity index (χ2n) is 7.29. The van der Waals surface area contributed by atoms with Crippen LogP contribution in [-0.4, -0.2) is 40.3 Å². The Labute approximate surface area is 181 Å². The number of hydrogen-bond donors (Lipinski definition) is 1. The molecule has 7 heteroatoms. The molecule has 31 heavy (non-hydrogen) atoms. The monoisotopic (exact) mass is 418 g/mol. The van der Waals surface area contributed by atoms with Crippen molar-refractivity contribution in [2.24, 2.45) is 7.05 Å². The van der Waals surface area contributed by atoms with E-state index in [4.69, 9.17) is 9.47 Å². The maximum atomic E-state index is 12.8. The fourth-order valence-electron chi connectivity index (χ4n) is 3.65. The molecular weight excluding hydrogens is 392 g/mol. The Morgan fingerprint density at radius 1 is 1.10 bits per heavy atom. The van der Waals surface area contributed by atoms with E-state index in [9.17, 15) is 4.79 Å². The van der Waals surface area contributed by atoms with Gasteiger partial charge in [0.2, 0.25) is 0 Å². The van der Waals surface area contributed by atoms with E-state index in [1.165, 1.54) is 0 Å². The molecule has 0 saturated carbocycles. The lowest BCUT2D eigenvalue weighted by atomic mass is 10.1.